The summed E-state index contributed by atoms with van der Waals surface area (Å²) in [6.07, 6.45) is -0.817. The Labute approximate surface area is 255 Å². The maximum atomic E-state index is 14.6. The van der Waals surface area contributed by atoms with Gasteiger partial charge in [-0.2, -0.15) is 18.3 Å². The summed E-state index contributed by atoms with van der Waals surface area (Å²) in [6.45, 7) is 0.956. The van der Waals surface area contributed by atoms with Crippen molar-refractivity contribution in [3.05, 3.63) is 51.0 Å². The fraction of sp³-hybridized carbons (Fsp3) is 0.586. The number of carboxylic acid groups (broad SMARTS) is 1. The molecule has 0 radical (unpaired) electrons. The first-order valence-corrected chi connectivity index (χ1v) is 14.9. The van der Waals surface area contributed by atoms with E-state index < -0.39 is 65.0 Å². The van der Waals surface area contributed by atoms with E-state index in [-0.39, 0.29) is 53.4 Å². The fourth-order valence-electron chi connectivity index (χ4n) is 6.98. The van der Waals surface area contributed by atoms with Crippen LogP contribution in [0.4, 0.5) is 17.6 Å². The molecule has 3 fully saturated rings. The standard InChI is InChI=1S/C29H32Cl2F4N4O4/c1-28(27(42)43)7-5-16(6-8-28)39-25(29(33,34)35)20(13-36-39)26(41)38(19-11-17-3-4-18(12-19)37(17)2)14-23(40)24-21(30)9-15(32)10-22(24)31/h9-10,13,16-19H,3-8,11-12,14H2,1-2H3,(H,42,43). The number of benzene rings is 1. The summed E-state index contributed by atoms with van der Waals surface area (Å²) in [5.74, 6) is -3.50. The lowest BCUT2D eigenvalue weighted by atomic mass is 9.74. The van der Waals surface area contributed by atoms with Crippen LogP contribution in [0.1, 0.15) is 90.7 Å². The second-order valence-corrected chi connectivity index (χ2v) is 13.0. The smallest absolute Gasteiger partial charge is 0.433 e. The van der Waals surface area contributed by atoms with Crippen LogP contribution in [-0.4, -0.2) is 74.1 Å². The van der Waals surface area contributed by atoms with Crippen molar-refractivity contribution in [2.24, 2.45) is 5.41 Å². The number of amides is 1. The first-order valence-electron chi connectivity index (χ1n) is 14.2. The van der Waals surface area contributed by atoms with E-state index in [1.54, 1.807) is 6.92 Å². The molecule has 1 saturated carbocycles. The van der Waals surface area contributed by atoms with Gasteiger partial charge in [0.1, 0.15) is 5.82 Å². The molecule has 2 atom stereocenters. The molecule has 0 spiro atoms. The van der Waals surface area contributed by atoms with Crippen molar-refractivity contribution >= 4 is 40.9 Å². The Morgan fingerprint density at radius 2 is 1.60 bits per heavy atom. The van der Waals surface area contributed by atoms with Crippen molar-refractivity contribution in [2.75, 3.05) is 13.6 Å². The third kappa shape index (κ3) is 6.02. The van der Waals surface area contributed by atoms with Crippen LogP contribution in [0.25, 0.3) is 0 Å². The molecule has 1 N–H and O–H groups in total. The normalized spacial score (nSPS) is 27.7. The number of rotatable bonds is 7. The van der Waals surface area contributed by atoms with Gasteiger partial charge in [-0.1, -0.05) is 23.2 Å². The Morgan fingerprint density at radius 1 is 1.05 bits per heavy atom. The van der Waals surface area contributed by atoms with E-state index in [4.69, 9.17) is 23.2 Å². The molecule has 3 aliphatic rings. The van der Waals surface area contributed by atoms with E-state index in [2.05, 4.69) is 10.00 Å². The molecule has 2 aliphatic heterocycles. The second kappa shape index (κ2) is 11.7. The van der Waals surface area contributed by atoms with Crippen molar-refractivity contribution in [3.63, 3.8) is 0 Å². The number of aromatic nitrogens is 2. The minimum absolute atomic E-state index is 0.0998. The van der Waals surface area contributed by atoms with Gasteiger partial charge in [-0.05, 0) is 77.5 Å². The molecule has 1 aromatic heterocycles. The lowest BCUT2D eigenvalue weighted by Gasteiger charge is -2.41. The largest absolute Gasteiger partial charge is 0.481 e. The molecular formula is C29H32Cl2F4N4O4. The lowest BCUT2D eigenvalue weighted by Crippen LogP contribution is -2.52. The number of Topliss-reactive ketones (excluding diaryl/α,β-unsaturated/α-hetero) is 1. The summed E-state index contributed by atoms with van der Waals surface area (Å²) in [6, 6.07) is 0.725. The summed E-state index contributed by atoms with van der Waals surface area (Å²) in [4.78, 5) is 42.6. The fourth-order valence-corrected chi connectivity index (χ4v) is 7.65. The number of nitrogens with zero attached hydrogens (tertiary/aromatic N) is 4. The maximum Gasteiger partial charge on any atom is 0.433 e. The van der Waals surface area contributed by atoms with Crippen molar-refractivity contribution in [1.29, 1.82) is 0 Å². The van der Waals surface area contributed by atoms with Gasteiger partial charge in [-0.25, -0.2) is 4.39 Å². The molecule has 2 saturated heterocycles. The number of piperidine rings is 1. The highest BCUT2D eigenvalue weighted by atomic mass is 35.5. The number of carbonyl (C=O) groups excluding carboxylic acids is 2. The number of hydrogen-bond donors (Lipinski definition) is 1. The molecule has 2 aromatic rings. The molecule has 1 aromatic carbocycles. The van der Waals surface area contributed by atoms with Gasteiger partial charge in [0.15, 0.2) is 11.5 Å². The highest BCUT2D eigenvalue weighted by Crippen LogP contribution is 2.44. The van der Waals surface area contributed by atoms with Gasteiger partial charge in [0.05, 0.1) is 45.4 Å². The Balaban J connectivity index is 1.50. The van der Waals surface area contributed by atoms with E-state index >= 15 is 0 Å². The minimum atomic E-state index is -4.96. The molecule has 234 valence electrons. The highest BCUT2D eigenvalue weighted by Gasteiger charge is 2.47. The van der Waals surface area contributed by atoms with Gasteiger partial charge >= 0.3 is 12.1 Å². The maximum absolute atomic E-state index is 14.6. The van der Waals surface area contributed by atoms with Crippen LogP contribution in [-0.2, 0) is 11.0 Å². The molecule has 43 heavy (non-hydrogen) atoms. The molecule has 5 rings (SSSR count). The quantitative estimate of drug-likeness (QED) is 0.272. The summed E-state index contributed by atoms with van der Waals surface area (Å²) in [7, 11) is 1.97. The number of halogens is 6. The van der Waals surface area contributed by atoms with E-state index in [0.717, 1.165) is 40.8 Å². The van der Waals surface area contributed by atoms with Crippen LogP contribution in [0, 0.1) is 11.2 Å². The van der Waals surface area contributed by atoms with Crippen LogP contribution < -0.4 is 0 Å². The minimum Gasteiger partial charge on any atom is -0.481 e. The Kier molecular flexibility index (Phi) is 8.60. The Bertz CT molecular complexity index is 1400. The van der Waals surface area contributed by atoms with Gasteiger partial charge in [0.25, 0.3) is 5.91 Å². The summed E-state index contributed by atoms with van der Waals surface area (Å²) in [5.41, 5.74) is -3.18. The SMILES string of the molecule is CN1C2CCC1CC(N(CC(=O)c1c(Cl)cc(F)cc1Cl)C(=O)c1cnn(C3CCC(C)(C(=O)O)CC3)c1C(F)(F)F)C2. The topological polar surface area (TPSA) is 95.7 Å². The van der Waals surface area contributed by atoms with E-state index in [9.17, 15) is 37.1 Å². The van der Waals surface area contributed by atoms with Crippen LogP contribution in [0.15, 0.2) is 18.3 Å². The monoisotopic (exact) mass is 646 g/mol. The van der Waals surface area contributed by atoms with Gasteiger partial charge in [-0.15, -0.1) is 0 Å². The zero-order valence-electron chi connectivity index (χ0n) is 23.6. The third-order valence-corrected chi connectivity index (χ3v) is 10.2. The van der Waals surface area contributed by atoms with Crippen molar-refractivity contribution in [2.45, 2.75) is 88.6 Å². The first-order chi connectivity index (χ1) is 20.1. The number of carboxylic acids is 1. The van der Waals surface area contributed by atoms with Crippen LogP contribution in [0.5, 0.6) is 0 Å². The van der Waals surface area contributed by atoms with E-state index in [1.165, 1.54) is 0 Å². The average Bonchev–Trinajstić information content (AvgIpc) is 3.43. The molecule has 8 nitrogen and oxygen atoms in total. The molecule has 1 aliphatic carbocycles. The van der Waals surface area contributed by atoms with Crippen LogP contribution in [0.3, 0.4) is 0 Å². The molecule has 1 amide bonds. The van der Waals surface area contributed by atoms with Crippen molar-refractivity contribution in [3.8, 4) is 0 Å². The Morgan fingerprint density at radius 3 is 2.12 bits per heavy atom. The molecule has 14 heteroatoms. The Hall–Kier alpha value is -2.70. The van der Waals surface area contributed by atoms with Crippen LogP contribution in [0.2, 0.25) is 10.0 Å². The average molecular weight is 647 g/mol. The zero-order chi connectivity index (χ0) is 31.4. The number of ketones is 1. The van der Waals surface area contributed by atoms with Gasteiger partial charge in [0.2, 0.25) is 0 Å². The predicted octanol–water partition coefficient (Wildman–Crippen LogP) is 6.50. The van der Waals surface area contributed by atoms with E-state index in [1.807, 2.05) is 7.05 Å². The van der Waals surface area contributed by atoms with Crippen molar-refractivity contribution < 1.29 is 37.1 Å². The number of alkyl halides is 3. The molecule has 2 bridgehead atoms. The van der Waals surface area contributed by atoms with Gasteiger partial charge in [0, 0.05) is 18.1 Å². The number of aliphatic carboxylic acids is 1. The van der Waals surface area contributed by atoms with Gasteiger partial charge in [-0.3, -0.25) is 19.1 Å². The number of hydrogen-bond acceptors (Lipinski definition) is 5. The van der Waals surface area contributed by atoms with Gasteiger partial charge < -0.3 is 14.9 Å². The number of fused-ring (bicyclic) bond motifs is 2. The van der Waals surface area contributed by atoms with Crippen LogP contribution >= 0.6 is 23.2 Å². The highest BCUT2D eigenvalue weighted by molar-refractivity contribution is 6.40. The summed E-state index contributed by atoms with van der Waals surface area (Å²) in [5, 5.41) is 13.0. The lowest BCUT2D eigenvalue weighted by molar-refractivity contribution is -0.152. The second-order valence-electron chi connectivity index (χ2n) is 12.2. The third-order valence-electron chi connectivity index (χ3n) is 9.59. The summed E-state index contributed by atoms with van der Waals surface area (Å²) < 4.78 is 58.5. The molecule has 3 heterocycles. The predicted molar refractivity (Wildman–Crippen MR) is 150 cm³/mol. The van der Waals surface area contributed by atoms with E-state index in [0.29, 0.717) is 12.8 Å². The summed E-state index contributed by atoms with van der Waals surface area (Å²) >= 11 is 12.3. The number of carbonyl (C=O) groups is 3. The zero-order valence-corrected chi connectivity index (χ0v) is 25.1. The molecular weight excluding hydrogens is 615 g/mol. The first kappa shape index (κ1) is 31.7. The van der Waals surface area contributed by atoms with Crippen molar-refractivity contribution in [1.82, 2.24) is 19.6 Å². The molecule has 2 unspecified atom stereocenters.